The van der Waals surface area contributed by atoms with Crippen LogP contribution in [0.5, 0.6) is 0 Å². The van der Waals surface area contributed by atoms with E-state index < -0.39 is 0 Å². The Balaban J connectivity index is 2.23. The van der Waals surface area contributed by atoms with Gasteiger partial charge in [0.25, 0.3) is 5.91 Å². The second-order valence-electron chi connectivity index (χ2n) is 4.42. The summed E-state index contributed by atoms with van der Waals surface area (Å²) in [4.78, 5) is 14.7. The number of likely N-dealkylation sites (tertiary alicyclic amines) is 1. The van der Waals surface area contributed by atoms with Gasteiger partial charge in [0.2, 0.25) is 0 Å². The average molecular weight is 327 g/mol. The highest BCUT2D eigenvalue weighted by molar-refractivity contribution is 9.10. The van der Waals surface area contributed by atoms with E-state index in [2.05, 4.69) is 15.9 Å². The minimum atomic E-state index is -0.0970. The van der Waals surface area contributed by atoms with Crippen molar-refractivity contribution in [3.05, 3.63) is 34.3 Å². The van der Waals surface area contributed by atoms with E-state index in [0.29, 0.717) is 10.6 Å². The Morgan fingerprint density at radius 3 is 2.89 bits per heavy atom. The molecule has 0 bridgehead atoms. The number of nitrogens with two attached hydrogens (primary N) is 1. The number of hydrogen-bond donors (Lipinski definition) is 1. The Labute approximate surface area is 120 Å². The molecule has 18 heavy (non-hydrogen) atoms. The lowest BCUT2D eigenvalue weighted by Crippen LogP contribution is -2.49. The Kier molecular flexibility index (Phi) is 4.35. The van der Waals surface area contributed by atoms with Gasteiger partial charge in [-0.3, -0.25) is 4.79 Å². The molecular weight excluding hydrogens is 312 g/mol. The molecule has 3 nitrogen and oxygen atoms in total. The zero-order valence-electron chi connectivity index (χ0n) is 9.93. The van der Waals surface area contributed by atoms with Gasteiger partial charge in [-0.05, 0) is 37.5 Å². The molecule has 1 aromatic rings. The van der Waals surface area contributed by atoms with Crippen LogP contribution in [-0.4, -0.2) is 28.4 Å². The SMILES string of the molecule is NC(=S)C1CCCCN1C(=O)c1cccc(Br)c1. The minimum Gasteiger partial charge on any atom is -0.392 e. The quantitative estimate of drug-likeness (QED) is 0.850. The molecule has 96 valence electrons. The molecule has 5 heteroatoms. The molecular formula is C13H15BrN2OS. The first-order valence-corrected chi connectivity index (χ1v) is 7.15. The molecule has 1 unspecified atom stereocenters. The van der Waals surface area contributed by atoms with Crippen LogP contribution in [0.2, 0.25) is 0 Å². The van der Waals surface area contributed by atoms with E-state index in [0.717, 1.165) is 30.3 Å². The third kappa shape index (κ3) is 2.90. The number of nitrogens with zero attached hydrogens (tertiary/aromatic N) is 1. The predicted octanol–water partition coefficient (Wildman–Crippen LogP) is 2.73. The molecule has 2 N–H and O–H groups in total. The summed E-state index contributed by atoms with van der Waals surface area (Å²) >= 11 is 8.44. The van der Waals surface area contributed by atoms with Crippen molar-refractivity contribution in [3.63, 3.8) is 0 Å². The summed E-state index contributed by atoms with van der Waals surface area (Å²) in [5.74, 6) is 0.00815. The molecule has 0 aliphatic carbocycles. The summed E-state index contributed by atoms with van der Waals surface area (Å²) in [5, 5.41) is 0. The van der Waals surface area contributed by atoms with E-state index in [4.69, 9.17) is 18.0 Å². The third-order valence-corrected chi connectivity index (χ3v) is 3.93. The van der Waals surface area contributed by atoms with E-state index in [1.165, 1.54) is 0 Å². The highest BCUT2D eigenvalue weighted by atomic mass is 79.9. The number of halogens is 1. The van der Waals surface area contributed by atoms with Crippen molar-refractivity contribution >= 4 is 39.0 Å². The second-order valence-corrected chi connectivity index (χ2v) is 5.81. The lowest BCUT2D eigenvalue weighted by atomic mass is 10.0. The lowest BCUT2D eigenvalue weighted by molar-refractivity contribution is 0.0681. The van der Waals surface area contributed by atoms with Gasteiger partial charge >= 0.3 is 0 Å². The fraction of sp³-hybridized carbons (Fsp3) is 0.385. The number of carbonyl (C=O) groups excluding carboxylic acids is 1. The highest BCUT2D eigenvalue weighted by Gasteiger charge is 2.29. The molecule has 1 aliphatic heterocycles. The molecule has 1 heterocycles. The largest absolute Gasteiger partial charge is 0.392 e. The molecule has 2 rings (SSSR count). The Morgan fingerprint density at radius 1 is 1.44 bits per heavy atom. The maximum Gasteiger partial charge on any atom is 0.254 e. The van der Waals surface area contributed by atoms with Crippen molar-refractivity contribution in [2.75, 3.05) is 6.54 Å². The first-order chi connectivity index (χ1) is 8.59. The molecule has 0 spiro atoms. The van der Waals surface area contributed by atoms with Crippen LogP contribution in [0.4, 0.5) is 0 Å². The van der Waals surface area contributed by atoms with Crippen molar-refractivity contribution in [2.45, 2.75) is 25.3 Å². The summed E-state index contributed by atoms with van der Waals surface area (Å²) in [7, 11) is 0. The molecule has 1 fully saturated rings. The first kappa shape index (κ1) is 13.5. The lowest BCUT2D eigenvalue weighted by Gasteiger charge is -2.35. The fourth-order valence-electron chi connectivity index (χ4n) is 2.26. The van der Waals surface area contributed by atoms with Crippen LogP contribution in [-0.2, 0) is 0 Å². The van der Waals surface area contributed by atoms with Crippen LogP contribution in [0.1, 0.15) is 29.6 Å². The van der Waals surface area contributed by atoms with Crippen LogP contribution in [0.25, 0.3) is 0 Å². The van der Waals surface area contributed by atoms with Crippen molar-refractivity contribution in [3.8, 4) is 0 Å². The van der Waals surface area contributed by atoms with E-state index in [9.17, 15) is 4.79 Å². The van der Waals surface area contributed by atoms with Gasteiger partial charge in [-0.1, -0.05) is 34.2 Å². The van der Waals surface area contributed by atoms with Gasteiger partial charge in [-0.25, -0.2) is 0 Å². The average Bonchev–Trinajstić information content (AvgIpc) is 2.38. The van der Waals surface area contributed by atoms with Gasteiger partial charge in [-0.2, -0.15) is 0 Å². The Morgan fingerprint density at radius 2 is 2.22 bits per heavy atom. The molecule has 0 radical (unpaired) electrons. The van der Waals surface area contributed by atoms with Crippen LogP contribution in [0, 0.1) is 0 Å². The maximum absolute atomic E-state index is 12.5. The first-order valence-electron chi connectivity index (χ1n) is 5.95. The smallest absolute Gasteiger partial charge is 0.254 e. The molecule has 1 amide bonds. The van der Waals surface area contributed by atoms with Crippen molar-refractivity contribution in [2.24, 2.45) is 5.73 Å². The maximum atomic E-state index is 12.5. The number of amides is 1. The highest BCUT2D eigenvalue weighted by Crippen LogP contribution is 2.21. The Hall–Kier alpha value is -0.940. The monoisotopic (exact) mass is 326 g/mol. The number of benzene rings is 1. The van der Waals surface area contributed by atoms with Crippen LogP contribution in [0.15, 0.2) is 28.7 Å². The molecule has 1 aliphatic rings. The third-order valence-electron chi connectivity index (χ3n) is 3.16. The molecule has 1 aromatic carbocycles. The van der Waals surface area contributed by atoms with E-state index >= 15 is 0 Å². The zero-order valence-corrected chi connectivity index (χ0v) is 12.3. The summed E-state index contributed by atoms with van der Waals surface area (Å²) in [6.45, 7) is 0.730. The predicted molar refractivity (Wildman–Crippen MR) is 79.6 cm³/mol. The van der Waals surface area contributed by atoms with Gasteiger partial charge in [0.15, 0.2) is 0 Å². The van der Waals surface area contributed by atoms with E-state index in [-0.39, 0.29) is 11.9 Å². The van der Waals surface area contributed by atoms with Gasteiger partial charge in [-0.15, -0.1) is 0 Å². The molecule has 1 saturated heterocycles. The zero-order chi connectivity index (χ0) is 13.1. The van der Waals surface area contributed by atoms with E-state index in [1.807, 2.05) is 24.3 Å². The Bertz CT molecular complexity index is 478. The standard InChI is InChI=1S/C13H15BrN2OS/c14-10-5-3-4-9(8-10)13(17)16-7-2-1-6-11(16)12(15)18/h3-5,8,11H,1-2,6-7H2,(H2,15,18). The number of rotatable bonds is 2. The molecule has 1 atom stereocenters. The molecule has 0 aromatic heterocycles. The number of hydrogen-bond acceptors (Lipinski definition) is 2. The van der Waals surface area contributed by atoms with Crippen LogP contribution in [0.3, 0.4) is 0 Å². The van der Waals surface area contributed by atoms with E-state index in [1.54, 1.807) is 4.90 Å². The van der Waals surface area contributed by atoms with Gasteiger partial charge in [0, 0.05) is 16.6 Å². The van der Waals surface area contributed by atoms with Crippen LogP contribution < -0.4 is 5.73 Å². The second kappa shape index (κ2) is 5.80. The summed E-state index contributed by atoms with van der Waals surface area (Å²) in [5.41, 5.74) is 6.41. The topological polar surface area (TPSA) is 46.3 Å². The molecule has 0 saturated carbocycles. The minimum absolute atomic E-state index is 0.00815. The van der Waals surface area contributed by atoms with Crippen molar-refractivity contribution in [1.29, 1.82) is 0 Å². The number of carbonyl (C=O) groups is 1. The summed E-state index contributed by atoms with van der Waals surface area (Å²) in [6, 6.07) is 7.31. The van der Waals surface area contributed by atoms with Crippen molar-refractivity contribution < 1.29 is 4.79 Å². The number of piperidine rings is 1. The number of thiocarbonyl (C=S) groups is 1. The van der Waals surface area contributed by atoms with Crippen molar-refractivity contribution in [1.82, 2.24) is 4.90 Å². The normalized spacial score (nSPS) is 19.6. The summed E-state index contributed by atoms with van der Waals surface area (Å²) in [6.07, 6.45) is 2.96. The van der Waals surface area contributed by atoms with Crippen LogP contribution >= 0.6 is 28.1 Å². The van der Waals surface area contributed by atoms with Gasteiger partial charge in [0.05, 0.1) is 11.0 Å². The fourth-order valence-corrected chi connectivity index (χ4v) is 2.90. The summed E-state index contributed by atoms with van der Waals surface area (Å²) < 4.78 is 0.900. The van der Waals surface area contributed by atoms with Gasteiger partial charge < -0.3 is 10.6 Å². The van der Waals surface area contributed by atoms with Gasteiger partial charge in [0.1, 0.15) is 0 Å².